The molecule has 0 atom stereocenters. The van der Waals surface area contributed by atoms with E-state index in [0.717, 1.165) is 4.68 Å². The first-order valence-corrected chi connectivity index (χ1v) is 7.13. The Morgan fingerprint density at radius 2 is 1.91 bits per heavy atom. The van der Waals surface area contributed by atoms with Crippen molar-refractivity contribution < 1.29 is 14.3 Å². The molecule has 23 heavy (non-hydrogen) atoms. The zero-order valence-corrected chi connectivity index (χ0v) is 13.6. The molecule has 7 heteroatoms. The minimum absolute atomic E-state index is 0.251. The third-order valence-electron chi connectivity index (χ3n) is 2.90. The van der Waals surface area contributed by atoms with Crippen LogP contribution in [-0.4, -0.2) is 27.4 Å². The van der Waals surface area contributed by atoms with Crippen molar-refractivity contribution in [3.05, 3.63) is 41.6 Å². The standard InChI is InChI=1S/C16H20N4O3/c1-10-9-13(19-20(10)15(22)23-16(2,3)4)18-14(21)11-7-5-6-8-12(11)17/h5-9H,17H2,1-4H3,(H,18,19,21). The molecule has 7 nitrogen and oxygen atoms in total. The van der Waals surface area contributed by atoms with Crippen molar-refractivity contribution in [3.8, 4) is 0 Å². The van der Waals surface area contributed by atoms with Gasteiger partial charge >= 0.3 is 6.09 Å². The maximum Gasteiger partial charge on any atom is 0.435 e. The normalized spacial score (nSPS) is 11.1. The van der Waals surface area contributed by atoms with Crippen LogP contribution in [0.5, 0.6) is 0 Å². The second-order valence-corrected chi connectivity index (χ2v) is 6.10. The molecule has 1 aromatic carbocycles. The fraction of sp³-hybridized carbons (Fsp3) is 0.312. The largest absolute Gasteiger partial charge is 0.442 e. The van der Waals surface area contributed by atoms with Gasteiger partial charge in [-0.3, -0.25) is 4.79 Å². The van der Waals surface area contributed by atoms with Crippen LogP contribution in [0.2, 0.25) is 0 Å². The Hall–Kier alpha value is -2.83. The molecule has 0 saturated heterocycles. The molecule has 0 aliphatic carbocycles. The zero-order valence-electron chi connectivity index (χ0n) is 13.6. The number of hydrogen-bond donors (Lipinski definition) is 2. The minimum Gasteiger partial charge on any atom is -0.442 e. The van der Waals surface area contributed by atoms with Gasteiger partial charge in [0.05, 0.1) is 5.56 Å². The maximum atomic E-state index is 12.2. The number of anilines is 2. The van der Waals surface area contributed by atoms with Crippen molar-refractivity contribution in [1.29, 1.82) is 0 Å². The smallest absolute Gasteiger partial charge is 0.435 e. The van der Waals surface area contributed by atoms with Gasteiger partial charge in [0, 0.05) is 17.4 Å². The van der Waals surface area contributed by atoms with E-state index in [4.69, 9.17) is 10.5 Å². The number of carbonyl (C=O) groups excluding carboxylic acids is 2. The summed E-state index contributed by atoms with van der Waals surface area (Å²) in [7, 11) is 0. The van der Waals surface area contributed by atoms with E-state index in [1.807, 2.05) is 0 Å². The van der Waals surface area contributed by atoms with Crippen LogP contribution in [0, 0.1) is 6.92 Å². The van der Waals surface area contributed by atoms with Gasteiger partial charge in [0.25, 0.3) is 5.91 Å². The number of ether oxygens (including phenoxy) is 1. The Balaban J connectivity index is 2.17. The minimum atomic E-state index is -0.628. The molecule has 0 aliphatic rings. The number of nitrogens with zero attached hydrogens (tertiary/aromatic N) is 2. The van der Waals surface area contributed by atoms with Crippen LogP contribution in [0.4, 0.5) is 16.3 Å². The SMILES string of the molecule is Cc1cc(NC(=O)c2ccccc2N)nn1C(=O)OC(C)(C)C. The molecule has 0 unspecified atom stereocenters. The monoisotopic (exact) mass is 316 g/mol. The summed E-state index contributed by atoms with van der Waals surface area (Å²) in [6, 6.07) is 8.30. The Bertz CT molecular complexity index is 744. The average molecular weight is 316 g/mol. The Labute approximate surface area is 134 Å². The van der Waals surface area contributed by atoms with Crippen LogP contribution in [0.3, 0.4) is 0 Å². The number of benzene rings is 1. The number of nitrogens with two attached hydrogens (primary N) is 1. The summed E-state index contributed by atoms with van der Waals surface area (Å²) in [4.78, 5) is 24.2. The van der Waals surface area contributed by atoms with Crippen molar-refractivity contribution in [2.45, 2.75) is 33.3 Å². The molecule has 0 radical (unpaired) electrons. The molecule has 0 fully saturated rings. The third kappa shape index (κ3) is 4.09. The van der Waals surface area contributed by atoms with Gasteiger partial charge in [-0.05, 0) is 39.8 Å². The summed E-state index contributed by atoms with van der Waals surface area (Å²) in [6.07, 6.45) is -0.602. The molecule has 3 N–H and O–H groups in total. The number of carbonyl (C=O) groups is 2. The number of aryl methyl sites for hydroxylation is 1. The molecule has 1 aromatic heterocycles. The molecule has 0 saturated carbocycles. The van der Waals surface area contributed by atoms with Crippen LogP contribution < -0.4 is 11.1 Å². The highest BCUT2D eigenvalue weighted by Gasteiger charge is 2.21. The number of para-hydroxylation sites is 1. The van der Waals surface area contributed by atoms with Crippen LogP contribution in [-0.2, 0) is 4.74 Å². The van der Waals surface area contributed by atoms with Crippen LogP contribution in [0.1, 0.15) is 36.8 Å². The molecule has 1 heterocycles. The van der Waals surface area contributed by atoms with E-state index in [9.17, 15) is 9.59 Å². The second kappa shape index (κ2) is 6.12. The molecule has 0 aliphatic heterocycles. The number of hydrogen-bond acceptors (Lipinski definition) is 5. The van der Waals surface area contributed by atoms with Gasteiger partial charge in [0.1, 0.15) is 5.60 Å². The van der Waals surface area contributed by atoms with Gasteiger partial charge in [0.15, 0.2) is 5.82 Å². The summed E-state index contributed by atoms with van der Waals surface area (Å²) in [5, 5.41) is 6.68. The van der Waals surface area contributed by atoms with E-state index in [0.29, 0.717) is 16.9 Å². The first-order chi connectivity index (χ1) is 10.7. The molecule has 1 amide bonds. The lowest BCUT2D eigenvalue weighted by Gasteiger charge is -2.19. The van der Waals surface area contributed by atoms with Crippen molar-refractivity contribution in [2.24, 2.45) is 0 Å². The Morgan fingerprint density at radius 3 is 2.52 bits per heavy atom. The van der Waals surface area contributed by atoms with E-state index in [1.165, 1.54) is 0 Å². The Kier molecular flexibility index (Phi) is 4.40. The number of amides is 1. The van der Waals surface area contributed by atoms with E-state index < -0.39 is 17.6 Å². The van der Waals surface area contributed by atoms with E-state index in [-0.39, 0.29) is 5.82 Å². The lowest BCUT2D eigenvalue weighted by molar-refractivity contribution is 0.0511. The van der Waals surface area contributed by atoms with Gasteiger partial charge in [-0.2, -0.15) is 4.68 Å². The highest BCUT2D eigenvalue weighted by atomic mass is 16.6. The first kappa shape index (κ1) is 16.5. The van der Waals surface area contributed by atoms with Crippen molar-refractivity contribution in [3.63, 3.8) is 0 Å². The molecular weight excluding hydrogens is 296 g/mol. The Morgan fingerprint density at radius 1 is 1.26 bits per heavy atom. The summed E-state index contributed by atoms with van der Waals surface area (Å²) in [6.45, 7) is 7.00. The van der Waals surface area contributed by atoms with Crippen molar-refractivity contribution in [2.75, 3.05) is 11.1 Å². The molecule has 0 bridgehead atoms. The lowest BCUT2D eigenvalue weighted by atomic mass is 10.1. The summed E-state index contributed by atoms with van der Waals surface area (Å²) >= 11 is 0. The van der Waals surface area contributed by atoms with Gasteiger partial charge in [-0.1, -0.05) is 12.1 Å². The summed E-state index contributed by atoms with van der Waals surface area (Å²) in [5.74, 6) is -0.140. The molecular formula is C16H20N4O3. The van der Waals surface area contributed by atoms with E-state index >= 15 is 0 Å². The van der Waals surface area contributed by atoms with Gasteiger partial charge in [-0.25, -0.2) is 4.79 Å². The zero-order chi connectivity index (χ0) is 17.2. The van der Waals surface area contributed by atoms with E-state index in [2.05, 4.69) is 10.4 Å². The number of nitrogen functional groups attached to an aromatic ring is 1. The third-order valence-corrected chi connectivity index (χ3v) is 2.90. The number of aromatic nitrogens is 2. The average Bonchev–Trinajstić information content (AvgIpc) is 2.78. The van der Waals surface area contributed by atoms with Gasteiger partial charge in [-0.15, -0.1) is 5.10 Å². The fourth-order valence-corrected chi connectivity index (χ4v) is 1.91. The quantitative estimate of drug-likeness (QED) is 0.830. The molecule has 122 valence electrons. The summed E-state index contributed by atoms with van der Waals surface area (Å²) < 4.78 is 6.36. The van der Waals surface area contributed by atoms with E-state index in [1.54, 1.807) is 58.0 Å². The van der Waals surface area contributed by atoms with Crippen molar-refractivity contribution >= 4 is 23.5 Å². The lowest BCUT2D eigenvalue weighted by Crippen LogP contribution is -2.28. The topological polar surface area (TPSA) is 99.2 Å². The van der Waals surface area contributed by atoms with Crippen LogP contribution in [0.25, 0.3) is 0 Å². The first-order valence-electron chi connectivity index (χ1n) is 7.13. The predicted octanol–water partition coefficient (Wildman–Crippen LogP) is 2.81. The number of nitrogens with one attached hydrogen (secondary N) is 1. The van der Waals surface area contributed by atoms with Gasteiger partial charge < -0.3 is 15.8 Å². The molecule has 2 rings (SSSR count). The second-order valence-electron chi connectivity index (χ2n) is 6.10. The maximum absolute atomic E-state index is 12.2. The predicted molar refractivity (Wildman–Crippen MR) is 87.4 cm³/mol. The molecule has 2 aromatic rings. The van der Waals surface area contributed by atoms with Crippen LogP contribution >= 0.6 is 0 Å². The van der Waals surface area contributed by atoms with Gasteiger partial charge in [0.2, 0.25) is 0 Å². The summed E-state index contributed by atoms with van der Waals surface area (Å²) in [5.41, 5.74) is 6.40. The highest BCUT2D eigenvalue weighted by Crippen LogP contribution is 2.16. The fourth-order valence-electron chi connectivity index (χ4n) is 1.91. The van der Waals surface area contributed by atoms with Crippen LogP contribution in [0.15, 0.2) is 30.3 Å². The number of rotatable bonds is 2. The van der Waals surface area contributed by atoms with Crippen molar-refractivity contribution in [1.82, 2.24) is 9.78 Å². The highest BCUT2D eigenvalue weighted by molar-refractivity contribution is 6.07. The molecule has 0 spiro atoms.